The van der Waals surface area contributed by atoms with Gasteiger partial charge in [-0.2, -0.15) is 0 Å². The predicted octanol–water partition coefficient (Wildman–Crippen LogP) is 2.05. The van der Waals surface area contributed by atoms with Gasteiger partial charge in [0.25, 0.3) is 5.91 Å². The summed E-state index contributed by atoms with van der Waals surface area (Å²) in [6.45, 7) is 2.55. The van der Waals surface area contributed by atoms with Crippen LogP contribution >= 0.6 is 0 Å². The molecule has 1 atom stereocenters. The summed E-state index contributed by atoms with van der Waals surface area (Å²) in [7, 11) is 0. The Balaban J connectivity index is 1.64. The van der Waals surface area contributed by atoms with Crippen molar-refractivity contribution in [3.05, 3.63) is 35.9 Å². The van der Waals surface area contributed by atoms with Gasteiger partial charge in [-0.05, 0) is 37.8 Å². The summed E-state index contributed by atoms with van der Waals surface area (Å²) in [6.07, 6.45) is 4.81. The number of hydrogen-bond acceptors (Lipinski definition) is 4. The van der Waals surface area contributed by atoms with Crippen LogP contribution in [0.4, 0.5) is 0 Å². The van der Waals surface area contributed by atoms with Gasteiger partial charge in [0.15, 0.2) is 0 Å². The third-order valence-electron chi connectivity index (χ3n) is 5.74. The second-order valence-corrected chi connectivity index (χ2v) is 7.31. The molecule has 0 N–H and O–H groups in total. The lowest BCUT2D eigenvalue weighted by Gasteiger charge is -2.42. The summed E-state index contributed by atoms with van der Waals surface area (Å²) >= 11 is 0. The third kappa shape index (κ3) is 3.12. The summed E-state index contributed by atoms with van der Waals surface area (Å²) in [5.41, 5.74) is -0.0136. The van der Waals surface area contributed by atoms with Crippen molar-refractivity contribution in [1.29, 1.82) is 0 Å². The van der Waals surface area contributed by atoms with Gasteiger partial charge in [-0.25, -0.2) is 0 Å². The molecule has 0 radical (unpaired) electrons. The molecule has 6 heteroatoms. The lowest BCUT2D eigenvalue weighted by Crippen LogP contribution is -2.58. The molecule has 2 heterocycles. The molecular weight excluding hydrogens is 332 g/mol. The number of hydrogen-bond donors (Lipinski definition) is 0. The Morgan fingerprint density at radius 3 is 2.38 bits per heavy atom. The van der Waals surface area contributed by atoms with Crippen molar-refractivity contribution >= 4 is 11.8 Å². The van der Waals surface area contributed by atoms with Gasteiger partial charge in [0.1, 0.15) is 11.8 Å². The average Bonchev–Trinajstić information content (AvgIpc) is 3.07. The zero-order chi connectivity index (χ0) is 18.0. The number of benzene rings is 1. The maximum Gasteiger partial charge on any atom is 0.256 e. The summed E-state index contributed by atoms with van der Waals surface area (Å²) in [5, 5.41) is 0. The fourth-order valence-electron chi connectivity index (χ4n) is 4.37. The van der Waals surface area contributed by atoms with E-state index in [0.717, 1.165) is 32.1 Å². The van der Waals surface area contributed by atoms with Crippen molar-refractivity contribution in [2.45, 2.75) is 43.9 Å². The van der Waals surface area contributed by atoms with Crippen molar-refractivity contribution in [2.24, 2.45) is 0 Å². The third-order valence-corrected chi connectivity index (χ3v) is 5.74. The van der Waals surface area contributed by atoms with Crippen LogP contribution in [0.15, 0.2) is 30.3 Å². The molecule has 3 aliphatic rings. The first-order valence-electron chi connectivity index (χ1n) is 9.60. The highest BCUT2D eigenvalue weighted by Gasteiger charge is 2.53. The van der Waals surface area contributed by atoms with Crippen LogP contribution in [0.3, 0.4) is 0 Å². The number of ether oxygens (including phenoxy) is 2. The molecule has 2 amide bonds. The highest BCUT2D eigenvalue weighted by molar-refractivity contribution is 5.98. The standard InChI is InChI=1S/C20H26N2O4/c23-18(16-7-3-1-4-8-16)22-17(19(24)21-11-13-25-14-12-21)15-26-20(22)9-5-2-6-10-20/h1,3-4,7-8,17H,2,5-6,9-15H2/t17-/m0/s1. The first-order valence-corrected chi connectivity index (χ1v) is 9.60. The molecule has 0 unspecified atom stereocenters. The summed E-state index contributed by atoms with van der Waals surface area (Å²) in [6, 6.07) is 8.69. The molecule has 2 saturated heterocycles. The minimum absolute atomic E-state index is 0.0139. The summed E-state index contributed by atoms with van der Waals surface area (Å²) in [5.74, 6) is -0.114. The minimum Gasteiger partial charge on any atom is -0.378 e. The Morgan fingerprint density at radius 2 is 1.69 bits per heavy atom. The largest absolute Gasteiger partial charge is 0.378 e. The molecule has 1 aliphatic carbocycles. The molecule has 4 rings (SSSR count). The molecule has 1 spiro atoms. The van der Waals surface area contributed by atoms with Gasteiger partial charge in [0, 0.05) is 18.7 Å². The molecule has 1 saturated carbocycles. The van der Waals surface area contributed by atoms with Crippen molar-refractivity contribution < 1.29 is 19.1 Å². The average molecular weight is 358 g/mol. The monoisotopic (exact) mass is 358 g/mol. The van der Waals surface area contributed by atoms with E-state index in [9.17, 15) is 9.59 Å². The van der Waals surface area contributed by atoms with Crippen molar-refractivity contribution in [2.75, 3.05) is 32.9 Å². The number of rotatable bonds is 2. The zero-order valence-electron chi connectivity index (χ0n) is 15.1. The zero-order valence-corrected chi connectivity index (χ0v) is 15.1. The van der Waals surface area contributed by atoms with E-state index in [2.05, 4.69) is 0 Å². The van der Waals surface area contributed by atoms with Crippen LogP contribution in [0, 0.1) is 0 Å². The lowest BCUT2D eigenvalue weighted by atomic mass is 9.89. The maximum absolute atomic E-state index is 13.4. The molecular formula is C20H26N2O4. The van der Waals surface area contributed by atoms with E-state index in [1.165, 1.54) is 0 Å². The van der Waals surface area contributed by atoms with E-state index in [-0.39, 0.29) is 18.4 Å². The van der Waals surface area contributed by atoms with Gasteiger partial charge in [-0.1, -0.05) is 24.6 Å². The first-order chi connectivity index (χ1) is 12.7. The highest BCUT2D eigenvalue weighted by atomic mass is 16.5. The van der Waals surface area contributed by atoms with E-state index in [4.69, 9.17) is 9.47 Å². The van der Waals surface area contributed by atoms with Crippen LogP contribution in [0.25, 0.3) is 0 Å². The summed E-state index contributed by atoms with van der Waals surface area (Å²) in [4.78, 5) is 30.1. The van der Waals surface area contributed by atoms with Gasteiger partial charge >= 0.3 is 0 Å². The number of amides is 2. The van der Waals surface area contributed by atoms with E-state index in [0.29, 0.717) is 31.9 Å². The molecule has 140 valence electrons. The van der Waals surface area contributed by atoms with Gasteiger partial charge in [0.2, 0.25) is 5.91 Å². The molecule has 0 bridgehead atoms. The Labute approximate surface area is 154 Å². The quantitative estimate of drug-likeness (QED) is 0.812. The van der Waals surface area contributed by atoms with Crippen molar-refractivity contribution in [3.63, 3.8) is 0 Å². The molecule has 3 fully saturated rings. The number of carbonyl (C=O) groups excluding carboxylic acids is 2. The van der Waals surface area contributed by atoms with Crippen LogP contribution < -0.4 is 0 Å². The molecule has 0 aromatic heterocycles. The molecule has 2 aliphatic heterocycles. The van der Waals surface area contributed by atoms with Crippen LogP contribution in [-0.2, 0) is 14.3 Å². The van der Waals surface area contributed by atoms with Crippen LogP contribution in [-0.4, -0.2) is 66.3 Å². The van der Waals surface area contributed by atoms with Gasteiger partial charge < -0.3 is 14.4 Å². The topological polar surface area (TPSA) is 59.1 Å². The number of morpholine rings is 1. The van der Waals surface area contributed by atoms with Gasteiger partial charge in [-0.15, -0.1) is 0 Å². The van der Waals surface area contributed by atoms with E-state index in [1.807, 2.05) is 35.2 Å². The SMILES string of the molecule is O=C([C@@H]1COC2(CCCCC2)N1C(=O)c1ccccc1)N1CCOCC1. The van der Waals surface area contributed by atoms with E-state index < -0.39 is 11.8 Å². The second-order valence-electron chi connectivity index (χ2n) is 7.31. The normalized spacial score (nSPS) is 25.5. The fraction of sp³-hybridized carbons (Fsp3) is 0.600. The Kier molecular flexibility index (Phi) is 4.96. The number of carbonyl (C=O) groups is 2. The predicted molar refractivity (Wildman–Crippen MR) is 95.6 cm³/mol. The molecule has 6 nitrogen and oxygen atoms in total. The molecule has 26 heavy (non-hydrogen) atoms. The van der Waals surface area contributed by atoms with Gasteiger partial charge in [-0.3, -0.25) is 14.5 Å². The van der Waals surface area contributed by atoms with E-state index in [1.54, 1.807) is 4.90 Å². The Bertz CT molecular complexity index is 651. The number of nitrogens with zero attached hydrogens (tertiary/aromatic N) is 2. The molecule has 1 aromatic carbocycles. The molecule has 1 aromatic rings. The van der Waals surface area contributed by atoms with Crippen LogP contribution in [0.5, 0.6) is 0 Å². The summed E-state index contributed by atoms with van der Waals surface area (Å²) < 4.78 is 11.5. The van der Waals surface area contributed by atoms with Crippen LogP contribution in [0.1, 0.15) is 42.5 Å². The smallest absolute Gasteiger partial charge is 0.256 e. The lowest BCUT2D eigenvalue weighted by molar-refractivity contribution is -0.141. The van der Waals surface area contributed by atoms with Crippen molar-refractivity contribution in [1.82, 2.24) is 9.80 Å². The maximum atomic E-state index is 13.4. The minimum atomic E-state index is -0.627. The Morgan fingerprint density at radius 1 is 1.00 bits per heavy atom. The van der Waals surface area contributed by atoms with Crippen molar-refractivity contribution in [3.8, 4) is 0 Å². The second kappa shape index (κ2) is 7.37. The first kappa shape index (κ1) is 17.5. The van der Waals surface area contributed by atoms with Gasteiger partial charge in [0.05, 0.1) is 19.8 Å². The van der Waals surface area contributed by atoms with Crippen LogP contribution in [0.2, 0.25) is 0 Å². The Hall–Kier alpha value is -1.92. The highest BCUT2D eigenvalue weighted by Crippen LogP contribution is 2.41. The van der Waals surface area contributed by atoms with E-state index >= 15 is 0 Å². The fourth-order valence-corrected chi connectivity index (χ4v) is 4.37.